The molecule has 0 aliphatic rings. The lowest BCUT2D eigenvalue weighted by atomic mass is 9.99. The fraction of sp³-hybridized carbons (Fsp3) is 0.0952. The van der Waals surface area contributed by atoms with Gasteiger partial charge in [0, 0.05) is 5.56 Å². The number of hydrogen-bond acceptors (Lipinski definition) is 1. The van der Waals surface area contributed by atoms with Gasteiger partial charge in [0.2, 0.25) is 0 Å². The van der Waals surface area contributed by atoms with Gasteiger partial charge in [-0.3, -0.25) is 5.41 Å². The lowest BCUT2D eigenvalue weighted by Gasteiger charge is -2.07. The Morgan fingerprint density at radius 1 is 0.696 bits per heavy atom. The fourth-order valence-corrected chi connectivity index (χ4v) is 2.68. The second-order valence-corrected chi connectivity index (χ2v) is 5.68. The van der Waals surface area contributed by atoms with Gasteiger partial charge in [0.05, 0.1) is 0 Å². The van der Waals surface area contributed by atoms with Gasteiger partial charge in [-0.1, -0.05) is 78.9 Å². The van der Waals surface area contributed by atoms with E-state index in [2.05, 4.69) is 60.7 Å². The van der Waals surface area contributed by atoms with Crippen molar-refractivity contribution in [2.24, 2.45) is 5.73 Å². The first kappa shape index (κ1) is 15.0. The highest BCUT2D eigenvalue weighted by Crippen LogP contribution is 2.20. The molecule has 0 spiro atoms. The molecule has 3 aromatic carbocycles. The van der Waals surface area contributed by atoms with Crippen molar-refractivity contribution in [3.05, 3.63) is 95.6 Å². The van der Waals surface area contributed by atoms with Crippen LogP contribution >= 0.6 is 0 Å². The normalized spacial score (nSPS) is 10.4. The smallest absolute Gasteiger partial charge is 0.122 e. The van der Waals surface area contributed by atoms with Crippen molar-refractivity contribution in [2.45, 2.75) is 12.8 Å². The highest BCUT2D eigenvalue weighted by Gasteiger charge is 2.01. The van der Waals surface area contributed by atoms with Gasteiger partial charge < -0.3 is 5.73 Å². The van der Waals surface area contributed by atoms with Crippen LogP contribution < -0.4 is 5.73 Å². The minimum Gasteiger partial charge on any atom is -0.384 e. The number of amidine groups is 1. The minimum absolute atomic E-state index is 0.118. The molecule has 2 heteroatoms. The summed E-state index contributed by atoms with van der Waals surface area (Å²) in [6, 6.07) is 27.1. The maximum atomic E-state index is 7.43. The zero-order chi connectivity index (χ0) is 16.1. The third-order valence-corrected chi connectivity index (χ3v) is 4.00. The van der Waals surface area contributed by atoms with Crippen molar-refractivity contribution in [1.82, 2.24) is 0 Å². The van der Waals surface area contributed by atoms with Gasteiger partial charge in [0.1, 0.15) is 5.84 Å². The number of nitrogens with two attached hydrogens (primary N) is 1. The van der Waals surface area contributed by atoms with Gasteiger partial charge in [0.15, 0.2) is 0 Å². The fourth-order valence-electron chi connectivity index (χ4n) is 2.68. The highest BCUT2D eigenvalue weighted by atomic mass is 14.7. The van der Waals surface area contributed by atoms with Crippen LogP contribution in [0.3, 0.4) is 0 Å². The van der Waals surface area contributed by atoms with E-state index < -0.39 is 0 Å². The molecule has 0 aromatic heterocycles. The van der Waals surface area contributed by atoms with Crippen LogP contribution in [0.25, 0.3) is 11.1 Å². The van der Waals surface area contributed by atoms with Crippen LogP contribution in [-0.2, 0) is 12.8 Å². The quantitative estimate of drug-likeness (QED) is 0.532. The Morgan fingerprint density at radius 3 is 2.04 bits per heavy atom. The summed E-state index contributed by atoms with van der Waals surface area (Å²) in [5, 5.41) is 7.43. The average molecular weight is 300 g/mol. The number of nitrogens with one attached hydrogen (secondary N) is 1. The van der Waals surface area contributed by atoms with Gasteiger partial charge in [0.25, 0.3) is 0 Å². The Kier molecular flexibility index (Phi) is 4.53. The number of rotatable bonds is 5. The van der Waals surface area contributed by atoms with Crippen molar-refractivity contribution in [1.29, 1.82) is 5.41 Å². The van der Waals surface area contributed by atoms with Crippen LogP contribution in [0.5, 0.6) is 0 Å². The molecule has 0 amide bonds. The van der Waals surface area contributed by atoms with E-state index in [1.807, 2.05) is 18.2 Å². The second kappa shape index (κ2) is 6.93. The molecule has 0 unspecified atom stereocenters. The largest absolute Gasteiger partial charge is 0.384 e. The standard InChI is InChI=1S/C21H20N2/c22-21(23)19-13-11-16(12-14-19)9-10-17-5-4-8-20(15-17)18-6-2-1-3-7-18/h1-8,11-15H,9-10H2,(H3,22,23). The summed E-state index contributed by atoms with van der Waals surface area (Å²) in [6.45, 7) is 0. The Morgan fingerprint density at radius 2 is 1.35 bits per heavy atom. The first-order chi connectivity index (χ1) is 11.2. The molecule has 0 bridgehead atoms. The summed E-state index contributed by atoms with van der Waals surface area (Å²) in [6.07, 6.45) is 1.98. The zero-order valence-corrected chi connectivity index (χ0v) is 13.0. The molecule has 0 aliphatic heterocycles. The molecule has 3 N–H and O–H groups in total. The zero-order valence-electron chi connectivity index (χ0n) is 13.0. The molecule has 0 heterocycles. The summed E-state index contributed by atoms with van der Waals surface area (Å²) in [5.41, 5.74) is 11.4. The van der Waals surface area contributed by atoms with Crippen LogP contribution in [-0.4, -0.2) is 5.84 Å². The maximum absolute atomic E-state index is 7.43. The Labute approximate surface area is 137 Å². The molecule has 114 valence electrons. The van der Waals surface area contributed by atoms with E-state index in [4.69, 9.17) is 11.1 Å². The van der Waals surface area contributed by atoms with Crippen LogP contribution in [0, 0.1) is 5.41 Å². The number of benzene rings is 3. The van der Waals surface area contributed by atoms with Gasteiger partial charge in [-0.2, -0.15) is 0 Å². The van der Waals surface area contributed by atoms with Gasteiger partial charge in [-0.15, -0.1) is 0 Å². The Hall–Kier alpha value is -2.87. The number of aryl methyl sites for hydroxylation is 2. The lowest BCUT2D eigenvalue weighted by Crippen LogP contribution is -2.10. The predicted octanol–water partition coefficient (Wildman–Crippen LogP) is 4.42. The first-order valence-corrected chi connectivity index (χ1v) is 7.80. The summed E-state index contributed by atoms with van der Waals surface area (Å²) in [7, 11) is 0. The van der Waals surface area contributed by atoms with Crippen LogP contribution in [0.4, 0.5) is 0 Å². The third-order valence-electron chi connectivity index (χ3n) is 4.00. The molecular formula is C21H20N2. The molecule has 0 saturated carbocycles. The maximum Gasteiger partial charge on any atom is 0.122 e. The molecule has 0 fully saturated rings. The first-order valence-electron chi connectivity index (χ1n) is 7.80. The van der Waals surface area contributed by atoms with Crippen molar-refractivity contribution < 1.29 is 0 Å². The number of hydrogen-bond donors (Lipinski definition) is 2. The molecule has 23 heavy (non-hydrogen) atoms. The summed E-state index contributed by atoms with van der Waals surface area (Å²) >= 11 is 0. The summed E-state index contributed by atoms with van der Waals surface area (Å²) in [5.74, 6) is 0.118. The van der Waals surface area contributed by atoms with E-state index >= 15 is 0 Å². The molecule has 0 atom stereocenters. The SMILES string of the molecule is N=C(N)c1ccc(CCc2cccc(-c3ccccc3)c2)cc1. The highest BCUT2D eigenvalue weighted by molar-refractivity contribution is 5.94. The van der Waals surface area contributed by atoms with Gasteiger partial charge in [-0.05, 0) is 35.1 Å². The minimum atomic E-state index is 0.118. The van der Waals surface area contributed by atoms with E-state index in [-0.39, 0.29) is 5.84 Å². The van der Waals surface area contributed by atoms with E-state index in [1.54, 1.807) is 0 Å². The van der Waals surface area contributed by atoms with E-state index in [0.717, 1.165) is 18.4 Å². The average Bonchev–Trinajstić information content (AvgIpc) is 2.61. The molecule has 0 radical (unpaired) electrons. The third kappa shape index (κ3) is 3.86. The predicted molar refractivity (Wildman–Crippen MR) is 96.7 cm³/mol. The molecule has 2 nitrogen and oxygen atoms in total. The monoisotopic (exact) mass is 300 g/mol. The van der Waals surface area contributed by atoms with Crippen molar-refractivity contribution in [2.75, 3.05) is 0 Å². The Balaban J connectivity index is 1.70. The van der Waals surface area contributed by atoms with Crippen molar-refractivity contribution in [3.8, 4) is 11.1 Å². The molecule has 0 aliphatic carbocycles. The van der Waals surface area contributed by atoms with Crippen LogP contribution in [0.15, 0.2) is 78.9 Å². The molecule has 3 aromatic rings. The Bertz CT molecular complexity index is 790. The van der Waals surface area contributed by atoms with Crippen LogP contribution in [0.2, 0.25) is 0 Å². The van der Waals surface area contributed by atoms with Gasteiger partial charge >= 0.3 is 0 Å². The topological polar surface area (TPSA) is 49.9 Å². The van der Waals surface area contributed by atoms with Crippen LogP contribution in [0.1, 0.15) is 16.7 Å². The van der Waals surface area contributed by atoms with Crippen molar-refractivity contribution in [3.63, 3.8) is 0 Å². The molecular weight excluding hydrogens is 280 g/mol. The van der Waals surface area contributed by atoms with Gasteiger partial charge in [-0.25, -0.2) is 0 Å². The molecule has 0 saturated heterocycles. The second-order valence-electron chi connectivity index (χ2n) is 5.68. The summed E-state index contributed by atoms with van der Waals surface area (Å²) < 4.78 is 0. The molecule has 3 rings (SSSR count). The van der Waals surface area contributed by atoms with Crippen molar-refractivity contribution >= 4 is 5.84 Å². The summed E-state index contributed by atoms with van der Waals surface area (Å²) in [4.78, 5) is 0. The van der Waals surface area contributed by atoms with E-state index in [0.29, 0.717) is 0 Å². The van der Waals surface area contributed by atoms with E-state index in [1.165, 1.54) is 22.3 Å². The lowest BCUT2D eigenvalue weighted by molar-refractivity contribution is 0.960. The number of nitrogen functional groups attached to an aromatic ring is 1. The van der Waals surface area contributed by atoms with E-state index in [9.17, 15) is 0 Å².